The Morgan fingerprint density at radius 1 is 0.274 bits per heavy atom. The monoisotopic (exact) mass is 1590 g/mol. The van der Waals surface area contributed by atoms with Gasteiger partial charge in [0.25, 0.3) is 0 Å². The molecule has 15 atom stereocenters. The third-order valence-electron chi connectivity index (χ3n) is 19.4. The largest absolute Gasteiger partial charge is 0.469 e. The predicted octanol–water partition coefficient (Wildman–Crippen LogP) is 13.5. The highest BCUT2D eigenvalue weighted by molar-refractivity contribution is 5.92. The van der Waals surface area contributed by atoms with E-state index in [2.05, 4.69) is 0 Å². The van der Waals surface area contributed by atoms with E-state index in [1.807, 2.05) is 121 Å². The maximum atomic E-state index is 15.6. The van der Waals surface area contributed by atoms with E-state index in [-0.39, 0.29) is 85.9 Å². The molecule has 3 saturated heterocycles. The van der Waals surface area contributed by atoms with Crippen LogP contribution < -0.4 is 0 Å². The van der Waals surface area contributed by atoms with Gasteiger partial charge in [-0.25, -0.2) is 28.8 Å². The lowest BCUT2D eigenvalue weighted by Crippen LogP contribution is -2.68. The first-order valence-corrected chi connectivity index (χ1v) is 38.4. The third kappa shape index (κ3) is 23.2. The highest BCUT2D eigenvalue weighted by atomic mass is 16.8. The zero-order valence-corrected chi connectivity index (χ0v) is 63.9. The molecule has 0 spiro atoms. The minimum absolute atomic E-state index is 0.00176. The van der Waals surface area contributed by atoms with Gasteiger partial charge >= 0.3 is 41.8 Å². The van der Waals surface area contributed by atoms with Crippen LogP contribution >= 0.6 is 0 Å². The fourth-order valence-corrected chi connectivity index (χ4v) is 13.5. The van der Waals surface area contributed by atoms with E-state index >= 15 is 14.4 Å². The Bertz CT molecular complexity index is 4740. The summed E-state index contributed by atoms with van der Waals surface area (Å²) >= 11 is 0. The van der Waals surface area contributed by atoms with Crippen LogP contribution in [0.3, 0.4) is 0 Å². The van der Waals surface area contributed by atoms with E-state index in [9.17, 15) is 19.2 Å². The van der Waals surface area contributed by atoms with Crippen molar-refractivity contribution in [3.63, 3.8) is 0 Å². The first-order valence-electron chi connectivity index (χ1n) is 38.4. The maximum absolute atomic E-state index is 15.6. The van der Waals surface area contributed by atoms with Crippen molar-refractivity contribution in [3.05, 3.63) is 359 Å². The molecule has 0 bridgehead atoms. The van der Waals surface area contributed by atoms with Crippen molar-refractivity contribution in [1.82, 2.24) is 0 Å². The van der Waals surface area contributed by atoms with Crippen LogP contribution in [0.5, 0.6) is 0 Å². The molecule has 13 rings (SSSR count). The minimum Gasteiger partial charge on any atom is -0.469 e. The summed E-state index contributed by atoms with van der Waals surface area (Å²) in [6, 6.07) is 85.2. The van der Waals surface area contributed by atoms with Crippen molar-refractivity contribution in [3.8, 4) is 0 Å². The van der Waals surface area contributed by atoms with Crippen LogP contribution in [-0.4, -0.2) is 167 Å². The molecular weight excluding hydrogens is 1500 g/mol. The lowest BCUT2D eigenvalue weighted by Gasteiger charge is -2.51. The van der Waals surface area contributed by atoms with E-state index < -0.39 is 147 Å². The van der Waals surface area contributed by atoms with Crippen LogP contribution in [-0.2, 0) is 112 Å². The molecule has 10 aromatic rings. The van der Waals surface area contributed by atoms with Gasteiger partial charge in [-0.1, -0.05) is 231 Å². The van der Waals surface area contributed by atoms with Gasteiger partial charge < -0.3 is 80.5 Å². The molecule has 24 heteroatoms. The van der Waals surface area contributed by atoms with Crippen molar-refractivity contribution in [1.29, 1.82) is 0 Å². The standard InChI is InChI=1S/C93H88O24/c1-101-75(94)53-32-54-103-91-83(114-89(99)70-49-28-10-29-50-70)80(112-87(97)68-45-24-8-25-46-68)77(73(109-91)60-107-85(95)66-41-20-6-21-42-66)117-93-84(115-90(100)71-51-30-11-31-52-71)81(113-88(98)69-47-26-9-27-48-69)78(74(111-93)61-108-86(96)67-43-22-7-23-44-67)116-92-82(106-58-65-39-18-5-19-40-65)79(105-57-64-37-16-4-17-38-64)76(104-56-63-35-14-3-15-36-63)72(110-92)59-102-55-62-33-12-2-13-34-62/h2-31,33-52,72-74,76-84,91-93H,32,53-61H2,1H3/t72-,73-,74-,76+,77-,78+,79+,80+,81+,82-,83-,84-,91-,92-,93+/m1/s1. The number of hydrogen-bond acceptors (Lipinski definition) is 24. The summed E-state index contributed by atoms with van der Waals surface area (Å²) in [7, 11) is 1.23. The van der Waals surface area contributed by atoms with Gasteiger partial charge in [0.05, 0.1) is 80.1 Å². The molecule has 0 amide bonds. The van der Waals surface area contributed by atoms with Crippen LogP contribution in [0.2, 0.25) is 0 Å². The molecule has 3 heterocycles. The summed E-state index contributed by atoms with van der Waals surface area (Å²) < 4.78 is 115. The van der Waals surface area contributed by atoms with Gasteiger partial charge in [-0.15, -0.1) is 0 Å². The Morgan fingerprint density at radius 2 is 0.556 bits per heavy atom. The van der Waals surface area contributed by atoms with Crippen LogP contribution in [0.15, 0.2) is 303 Å². The SMILES string of the molecule is COC(=O)CCCO[C@@H]1O[C@H](COC(=O)c2ccccc2)[C@@H](O[C@@H]2O[C@H](COC(=O)c3ccccc3)[C@H](O[C@H]3O[C@H](COCc4ccccc4)[C@H](OCc4ccccc4)[C@H](OCc4ccccc4)[C@H]3OCc3ccccc3)[C@H](OC(=O)c3ccccc3)[C@H]2OC(=O)c2ccccc2)[C@H](OC(=O)c2ccccc2)[C@H]1OC(=O)c1ccccc1. The molecule has 24 nitrogen and oxygen atoms in total. The highest BCUT2D eigenvalue weighted by Crippen LogP contribution is 2.40. The summed E-state index contributed by atoms with van der Waals surface area (Å²) in [5.74, 6) is -6.32. The van der Waals surface area contributed by atoms with Crippen LogP contribution in [0.25, 0.3) is 0 Å². The normalized spacial score (nSPS) is 22.9. The fourth-order valence-electron chi connectivity index (χ4n) is 13.5. The zero-order valence-electron chi connectivity index (χ0n) is 63.9. The lowest BCUT2D eigenvalue weighted by atomic mass is 9.94. The molecule has 0 unspecified atom stereocenters. The van der Waals surface area contributed by atoms with Crippen LogP contribution in [0, 0.1) is 0 Å². The van der Waals surface area contributed by atoms with E-state index in [0.717, 1.165) is 22.3 Å². The zero-order chi connectivity index (χ0) is 80.9. The first kappa shape index (κ1) is 83.1. The van der Waals surface area contributed by atoms with Crippen molar-refractivity contribution in [2.45, 2.75) is 131 Å². The molecule has 3 aliphatic rings. The van der Waals surface area contributed by atoms with E-state index in [4.69, 9.17) is 80.5 Å². The Hall–Kier alpha value is -11.9. The van der Waals surface area contributed by atoms with E-state index in [1.54, 1.807) is 109 Å². The molecule has 3 aliphatic heterocycles. The van der Waals surface area contributed by atoms with Gasteiger partial charge in [-0.05, 0) is 101 Å². The molecule has 0 N–H and O–H groups in total. The summed E-state index contributed by atoms with van der Waals surface area (Å²) in [6.45, 7) is -1.89. The topological polar surface area (TPSA) is 276 Å². The fraction of sp³-hybridized carbons (Fsp3) is 0.280. The minimum atomic E-state index is -2.16. The molecule has 604 valence electrons. The summed E-state index contributed by atoms with van der Waals surface area (Å²) in [5, 5.41) is 0. The quantitative estimate of drug-likeness (QED) is 0.0200. The van der Waals surface area contributed by atoms with Gasteiger partial charge in [0, 0.05) is 6.42 Å². The first-order chi connectivity index (χ1) is 57.4. The smallest absolute Gasteiger partial charge is 0.338 e. The number of ether oxygens (including phenoxy) is 17. The third-order valence-corrected chi connectivity index (χ3v) is 19.4. The second-order valence-corrected chi connectivity index (χ2v) is 27.5. The molecule has 117 heavy (non-hydrogen) atoms. The number of carbonyl (C=O) groups is 7. The average molecular weight is 1590 g/mol. The van der Waals surface area contributed by atoms with Gasteiger partial charge in [0.2, 0.25) is 0 Å². The number of rotatable bonds is 36. The molecule has 0 radical (unpaired) electrons. The van der Waals surface area contributed by atoms with E-state index in [0.29, 0.717) is 0 Å². The van der Waals surface area contributed by atoms with Crippen molar-refractivity contribution in [2.75, 3.05) is 33.5 Å². The number of carbonyl (C=O) groups excluding carboxylic acids is 7. The summed E-state index contributed by atoms with van der Waals surface area (Å²) in [5.41, 5.74) is 3.38. The Labute approximate surface area is 676 Å². The molecule has 0 aromatic heterocycles. The average Bonchev–Trinajstić information content (AvgIpc) is 0.756. The summed E-state index contributed by atoms with van der Waals surface area (Å²) in [4.78, 5) is 103. The highest BCUT2D eigenvalue weighted by Gasteiger charge is 2.60. The van der Waals surface area contributed by atoms with Crippen molar-refractivity contribution >= 4 is 41.8 Å². The molecule has 10 aromatic carbocycles. The maximum Gasteiger partial charge on any atom is 0.338 e. The lowest BCUT2D eigenvalue weighted by molar-refractivity contribution is -0.382. The van der Waals surface area contributed by atoms with Gasteiger partial charge in [0.1, 0.15) is 62.0 Å². The Morgan fingerprint density at radius 3 is 0.915 bits per heavy atom. The second-order valence-electron chi connectivity index (χ2n) is 27.5. The van der Waals surface area contributed by atoms with Gasteiger partial charge in [0.15, 0.2) is 43.3 Å². The predicted molar refractivity (Wildman–Crippen MR) is 420 cm³/mol. The molecular formula is C93H88O24. The molecule has 3 fully saturated rings. The Kier molecular flexibility index (Phi) is 30.3. The summed E-state index contributed by atoms with van der Waals surface area (Å²) in [6.07, 6.45) is -25.5. The number of esters is 7. The van der Waals surface area contributed by atoms with Gasteiger partial charge in [-0.2, -0.15) is 0 Å². The number of benzene rings is 10. The number of hydrogen-bond donors (Lipinski definition) is 0. The van der Waals surface area contributed by atoms with Crippen LogP contribution in [0.1, 0.15) is 97.2 Å². The van der Waals surface area contributed by atoms with Gasteiger partial charge in [-0.3, -0.25) is 4.79 Å². The van der Waals surface area contributed by atoms with Crippen molar-refractivity contribution < 1.29 is 114 Å². The van der Waals surface area contributed by atoms with Crippen molar-refractivity contribution in [2.24, 2.45) is 0 Å². The number of methoxy groups -OCH3 is 1. The Balaban J connectivity index is 0.987. The molecule has 0 aliphatic carbocycles. The van der Waals surface area contributed by atoms with Crippen LogP contribution in [0.4, 0.5) is 0 Å². The van der Waals surface area contributed by atoms with E-state index in [1.165, 1.54) is 79.9 Å². The second kappa shape index (κ2) is 42.6. The molecule has 0 saturated carbocycles.